The normalized spacial score (nSPS) is 22.6. The fourth-order valence-corrected chi connectivity index (χ4v) is 3.31. The van der Waals surface area contributed by atoms with Crippen molar-refractivity contribution in [3.05, 3.63) is 24.3 Å². The van der Waals surface area contributed by atoms with Gasteiger partial charge in [0.2, 0.25) is 0 Å². The molecule has 0 spiro atoms. The molecule has 5 heteroatoms. The van der Waals surface area contributed by atoms with Crippen LogP contribution in [0.25, 0.3) is 0 Å². The molecule has 5 nitrogen and oxygen atoms in total. The van der Waals surface area contributed by atoms with Crippen molar-refractivity contribution < 1.29 is 9.53 Å². The van der Waals surface area contributed by atoms with E-state index in [1.54, 1.807) is 0 Å². The van der Waals surface area contributed by atoms with E-state index >= 15 is 0 Å². The minimum absolute atomic E-state index is 0.0341. The molecule has 3 rings (SSSR count). The highest BCUT2D eigenvalue weighted by molar-refractivity contribution is 5.90. The van der Waals surface area contributed by atoms with Gasteiger partial charge in [0.25, 0.3) is 0 Å². The molecule has 2 aliphatic heterocycles. The van der Waals surface area contributed by atoms with E-state index in [1.807, 2.05) is 24.0 Å². The maximum atomic E-state index is 12.4. The summed E-state index contributed by atoms with van der Waals surface area (Å²) in [6.45, 7) is 6.14. The zero-order chi connectivity index (χ0) is 16.1. The van der Waals surface area contributed by atoms with E-state index in [2.05, 4.69) is 22.3 Å². The first kappa shape index (κ1) is 16.1. The SMILES string of the molecule is C[C@@H]1CN(C(=O)Nc2cccc(N3CCCCCC3)c2)CCO1. The van der Waals surface area contributed by atoms with Gasteiger partial charge in [0.05, 0.1) is 12.7 Å². The van der Waals surface area contributed by atoms with Crippen LogP contribution in [0.4, 0.5) is 16.2 Å². The van der Waals surface area contributed by atoms with Gasteiger partial charge in [0.15, 0.2) is 0 Å². The second kappa shape index (κ2) is 7.68. The highest BCUT2D eigenvalue weighted by atomic mass is 16.5. The number of ether oxygens (including phenoxy) is 1. The Morgan fingerprint density at radius 1 is 1.17 bits per heavy atom. The van der Waals surface area contributed by atoms with Gasteiger partial charge in [-0.1, -0.05) is 18.9 Å². The number of nitrogens with one attached hydrogen (secondary N) is 1. The van der Waals surface area contributed by atoms with Crippen molar-refractivity contribution in [2.75, 3.05) is 43.0 Å². The summed E-state index contributed by atoms with van der Waals surface area (Å²) in [6, 6.07) is 8.18. The number of rotatable bonds is 2. The van der Waals surface area contributed by atoms with E-state index in [-0.39, 0.29) is 12.1 Å². The van der Waals surface area contributed by atoms with Crippen molar-refractivity contribution in [3.63, 3.8) is 0 Å². The lowest BCUT2D eigenvalue weighted by Crippen LogP contribution is -2.46. The molecule has 0 unspecified atom stereocenters. The second-order valence-electron chi connectivity index (χ2n) is 6.51. The van der Waals surface area contributed by atoms with Gasteiger partial charge in [-0.05, 0) is 38.0 Å². The molecule has 0 radical (unpaired) electrons. The molecule has 23 heavy (non-hydrogen) atoms. The Balaban J connectivity index is 1.63. The number of amides is 2. The van der Waals surface area contributed by atoms with Crippen LogP contribution in [-0.4, -0.2) is 49.8 Å². The predicted octanol–water partition coefficient (Wildman–Crippen LogP) is 3.32. The predicted molar refractivity (Wildman–Crippen MR) is 93.1 cm³/mol. The van der Waals surface area contributed by atoms with Crippen molar-refractivity contribution in [2.24, 2.45) is 0 Å². The molecule has 1 N–H and O–H groups in total. The number of morpholine rings is 1. The van der Waals surface area contributed by atoms with Crippen molar-refractivity contribution >= 4 is 17.4 Å². The molecule has 126 valence electrons. The molecule has 1 atom stereocenters. The Morgan fingerprint density at radius 2 is 1.96 bits per heavy atom. The summed E-state index contributed by atoms with van der Waals surface area (Å²) in [5, 5.41) is 3.03. The molecule has 0 aromatic heterocycles. The average Bonchev–Trinajstić information content (AvgIpc) is 2.84. The van der Waals surface area contributed by atoms with Gasteiger partial charge in [0, 0.05) is 37.6 Å². The zero-order valence-corrected chi connectivity index (χ0v) is 14.0. The van der Waals surface area contributed by atoms with Gasteiger partial charge in [-0.2, -0.15) is 0 Å². The molecule has 0 saturated carbocycles. The van der Waals surface area contributed by atoms with E-state index in [1.165, 1.54) is 31.4 Å². The third kappa shape index (κ3) is 4.38. The summed E-state index contributed by atoms with van der Waals surface area (Å²) in [6.07, 6.45) is 5.26. The molecular weight excluding hydrogens is 290 g/mol. The summed E-state index contributed by atoms with van der Waals surface area (Å²) in [5.74, 6) is 0. The monoisotopic (exact) mass is 317 g/mol. The Labute approximate surface area is 138 Å². The van der Waals surface area contributed by atoms with Gasteiger partial charge in [0.1, 0.15) is 0 Å². The Kier molecular flexibility index (Phi) is 5.39. The number of nitrogens with zero attached hydrogens (tertiary/aromatic N) is 2. The van der Waals surface area contributed by atoms with Gasteiger partial charge in [-0.25, -0.2) is 4.79 Å². The minimum Gasteiger partial charge on any atom is -0.375 e. The van der Waals surface area contributed by atoms with Gasteiger partial charge >= 0.3 is 6.03 Å². The van der Waals surface area contributed by atoms with Gasteiger partial charge < -0.3 is 19.9 Å². The quantitative estimate of drug-likeness (QED) is 0.910. The van der Waals surface area contributed by atoms with Crippen LogP contribution >= 0.6 is 0 Å². The van der Waals surface area contributed by atoms with Crippen molar-refractivity contribution in [2.45, 2.75) is 38.7 Å². The van der Waals surface area contributed by atoms with Crippen LogP contribution in [0, 0.1) is 0 Å². The van der Waals surface area contributed by atoms with Crippen molar-refractivity contribution in [1.29, 1.82) is 0 Å². The Morgan fingerprint density at radius 3 is 2.70 bits per heavy atom. The topological polar surface area (TPSA) is 44.8 Å². The molecule has 2 aliphatic rings. The summed E-state index contributed by atoms with van der Waals surface area (Å²) in [4.78, 5) is 16.7. The van der Waals surface area contributed by atoms with Crippen LogP contribution in [0.5, 0.6) is 0 Å². The molecule has 0 aliphatic carbocycles. The lowest BCUT2D eigenvalue weighted by atomic mass is 10.2. The number of urea groups is 1. The lowest BCUT2D eigenvalue weighted by Gasteiger charge is -2.31. The van der Waals surface area contributed by atoms with Crippen LogP contribution < -0.4 is 10.2 Å². The molecule has 1 aromatic rings. The summed E-state index contributed by atoms with van der Waals surface area (Å²) >= 11 is 0. The average molecular weight is 317 g/mol. The van der Waals surface area contributed by atoms with E-state index in [9.17, 15) is 4.79 Å². The van der Waals surface area contributed by atoms with Gasteiger partial charge in [-0.3, -0.25) is 0 Å². The molecule has 2 heterocycles. The van der Waals surface area contributed by atoms with Gasteiger partial charge in [-0.15, -0.1) is 0 Å². The van der Waals surface area contributed by atoms with E-state index in [0.717, 1.165) is 18.8 Å². The van der Waals surface area contributed by atoms with E-state index < -0.39 is 0 Å². The van der Waals surface area contributed by atoms with E-state index in [0.29, 0.717) is 19.7 Å². The first-order valence-corrected chi connectivity index (χ1v) is 8.75. The summed E-state index contributed by atoms with van der Waals surface area (Å²) in [5.41, 5.74) is 2.08. The Bertz CT molecular complexity index is 527. The van der Waals surface area contributed by atoms with Crippen LogP contribution in [0.2, 0.25) is 0 Å². The summed E-state index contributed by atoms with van der Waals surface area (Å²) in [7, 11) is 0. The Hall–Kier alpha value is -1.75. The molecule has 2 fully saturated rings. The zero-order valence-electron chi connectivity index (χ0n) is 14.0. The lowest BCUT2D eigenvalue weighted by molar-refractivity contribution is -0.00138. The largest absolute Gasteiger partial charge is 0.375 e. The summed E-state index contributed by atoms with van der Waals surface area (Å²) < 4.78 is 5.49. The standard InChI is InChI=1S/C18H27N3O2/c1-15-14-21(11-12-23-15)18(22)19-16-7-6-8-17(13-16)20-9-4-2-3-5-10-20/h6-8,13,15H,2-5,9-12,14H2,1H3,(H,19,22)/t15-/m1/s1. The van der Waals surface area contributed by atoms with Crippen LogP contribution in [0.15, 0.2) is 24.3 Å². The maximum Gasteiger partial charge on any atom is 0.322 e. The van der Waals surface area contributed by atoms with Crippen LogP contribution in [-0.2, 0) is 4.74 Å². The first-order chi connectivity index (χ1) is 11.2. The number of hydrogen-bond donors (Lipinski definition) is 1. The van der Waals surface area contributed by atoms with Crippen molar-refractivity contribution in [1.82, 2.24) is 4.90 Å². The third-order valence-electron chi connectivity index (χ3n) is 4.60. The first-order valence-electron chi connectivity index (χ1n) is 8.75. The second-order valence-corrected chi connectivity index (χ2v) is 6.51. The molecule has 1 aromatic carbocycles. The molecule has 0 bridgehead atoms. The van der Waals surface area contributed by atoms with Crippen molar-refractivity contribution in [3.8, 4) is 0 Å². The van der Waals surface area contributed by atoms with E-state index in [4.69, 9.17) is 4.74 Å². The smallest absolute Gasteiger partial charge is 0.322 e. The molecular formula is C18H27N3O2. The highest BCUT2D eigenvalue weighted by Crippen LogP contribution is 2.23. The highest BCUT2D eigenvalue weighted by Gasteiger charge is 2.21. The fraction of sp³-hybridized carbons (Fsp3) is 0.611. The third-order valence-corrected chi connectivity index (χ3v) is 4.60. The maximum absolute atomic E-state index is 12.4. The fourth-order valence-electron chi connectivity index (χ4n) is 3.31. The minimum atomic E-state index is -0.0341. The van der Waals surface area contributed by atoms with Crippen LogP contribution in [0.3, 0.4) is 0 Å². The van der Waals surface area contributed by atoms with Crippen LogP contribution in [0.1, 0.15) is 32.6 Å². The number of carbonyl (C=O) groups is 1. The number of hydrogen-bond acceptors (Lipinski definition) is 3. The number of benzene rings is 1. The molecule has 2 saturated heterocycles. The number of anilines is 2. The number of carbonyl (C=O) groups excluding carboxylic acids is 1. The molecule has 2 amide bonds.